The third kappa shape index (κ3) is 3.97. The lowest BCUT2D eigenvalue weighted by Gasteiger charge is -2.32. The van der Waals surface area contributed by atoms with Gasteiger partial charge >= 0.3 is 7.12 Å². The van der Waals surface area contributed by atoms with E-state index in [9.17, 15) is 4.39 Å². The normalized spacial score (nSPS) is 17.8. The first kappa shape index (κ1) is 19.7. The zero-order valence-corrected chi connectivity index (χ0v) is 16.8. The summed E-state index contributed by atoms with van der Waals surface area (Å²) in [5.41, 5.74) is 1.54. The van der Waals surface area contributed by atoms with Crippen molar-refractivity contribution < 1.29 is 23.2 Å². The van der Waals surface area contributed by atoms with Crippen LogP contribution in [0.1, 0.15) is 38.8 Å². The predicted octanol–water partition coefficient (Wildman–Crippen LogP) is 4.02. The Morgan fingerprint density at radius 2 is 1.59 bits per heavy atom. The van der Waals surface area contributed by atoms with E-state index in [4.69, 9.17) is 18.8 Å². The van der Waals surface area contributed by atoms with Crippen molar-refractivity contribution >= 4 is 12.6 Å². The second-order valence-electron chi connectivity index (χ2n) is 7.86. The van der Waals surface area contributed by atoms with Gasteiger partial charge in [-0.25, -0.2) is 4.39 Å². The third-order valence-electron chi connectivity index (χ3n) is 5.38. The Morgan fingerprint density at radius 3 is 2.15 bits per heavy atom. The minimum absolute atomic E-state index is 0.212. The van der Waals surface area contributed by atoms with Gasteiger partial charge in [0.25, 0.3) is 0 Å². The molecule has 1 heterocycles. The fraction of sp³-hybridized carbons (Fsp3) is 0.429. The molecule has 1 saturated heterocycles. The highest BCUT2D eigenvalue weighted by molar-refractivity contribution is 6.62. The first-order valence-electron chi connectivity index (χ1n) is 9.04. The maximum absolute atomic E-state index is 14.6. The van der Waals surface area contributed by atoms with Crippen molar-refractivity contribution in [3.63, 3.8) is 0 Å². The number of halogens is 1. The lowest BCUT2D eigenvalue weighted by molar-refractivity contribution is 0.00578. The van der Waals surface area contributed by atoms with Crippen molar-refractivity contribution in [3.05, 3.63) is 53.3 Å². The molecule has 0 spiro atoms. The van der Waals surface area contributed by atoms with Crippen molar-refractivity contribution in [3.8, 4) is 11.5 Å². The van der Waals surface area contributed by atoms with E-state index < -0.39 is 24.1 Å². The van der Waals surface area contributed by atoms with Gasteiger partial charge in [0.2, 0.25) is 0 Å². The van der Waals surface area contributed by atoms with Crippen LogP contribution in [0, 0.1) is 12.7 Å². The fourth-order valence-electron chi connectivity index (χ4n) is 2.89. The quantitative estimate of drug-likeness (QED) is 0.743. The van der Waals surface area contributed by atoms with Crippen molar-refractivity contribution in [2.75, 3.05) is 7.11 Å². The van der Waals surface area contributed by atoms with Crippen LogP contribution < -0.4 is 14.9 Å². The van der Waals surface area contributed by atoms with Crippen LogP contribution in [0.15, 0.2) is 36.4 Å². The molecule has 27 heavy (non-hydrogen) atoms. The van der Waals surface area contributed by atoms with Gasteiger partial charge in [-0.2, -0.15) is 0 Å². The van der Waals surface area contributed by atoms with Crippen LogP contribution in [0.2, 0.25) is 0 Å². The Labute approximate surface area is 160 Å². The largest absolute Gasteiger partial charge is 0.497 e. The van der Waals surface area contributed by atoms with Gasteiger partial charge in [0.05, 0.1) is 18.3 Å². The van der Waals surface area contributed by atoms with Crippen LogP contribution in [0.4, 0.5) is 4.39 Å². The summed E-state index contributed by atoms with van der Waals surface area (Å²) in [6.07, 6.45) is 0. The minimum Gasteiger partial charge on any atom is -0.497 e. The lowest BCUT2D eigenvalue weighted by Crippen LogP contribution is -2.41. The van der Waals surface area contributed by atoms with Crippen LogP contribution in [0.3, 0.4) is 0 Å². The summed E-state index contributed by atoms with van der Waals surface area (Å²) in [6, 6.07) is 10.6. The van der Waals surface area contributed by atoms with Crippen molar-refractivity contribution in [2.45, 2.75) is 52.4 Å². The number of ether oxygens (including phenoxy) is 2. The highest BCUT2D eigenvalue weighted by Gasteiger charge is 2.52. The number of methoxy groups -OCH3 is 1. The zero-order valence-electron chi connectivity index (χ0n) is 16.8. The highest BCUT2D eigenvalue weighted by atomic mass is 19.1. The molecule has 0 radical (unpaired) electrons. The molecule has 2 aromatic rings. The highest BCUT2D eigenvalue weighted by Crippen LogP contribution is 2.37. The smallest absolute Gasteiger partial charge is 0.495 e. The molecule has 4 nitrogen and oxygen atoms in total. The molecule has 0 atom stereocenters. The maximum Gasteiger partial charge on any atom is 0.495 e. The number of benzene rings is 2. The van der Waals surface area contributed by atoms with Crippen LogP contribution in [0.25, 0.3) is 0 Å². The molecule has 0 aliphatic carbocycles. The van der Waals surface area contributed by atoms with Crippen LogP contribution >= 0.6 is 0 Å². The number of hydrogen-bond acceptors (Lipinski definition) is 4. The zero-order chi connectivity index (χ0) is 19.8. The molecular weight excluding hydrogens is 346 g/mol. The van der Waals surface area contributed by atoms with Gasteiger partial charge in [0.15, 0.2) is 11.6 Å². The Hall–Kier alpha value is -2.05. The molecule has 0 saturated carbocycles. The van der Waals surface area contributed by atoms with E-state index in [1.807, 2.05) is 58.9 Å². The molecule has 0 amide bonds. The monoisotopic (exact) mass is 372 g/mol. The molecule has 0 N–H and O–H groups in total. The van der Waals surface area contributed by atoms with E-state index in [-0.39, 0.29) is 12.4 Å². The molecule has 0 bridgehead atoms. The van der Waals surface area contributed by atoms with Gasteiger partial charge in [-0.3, -0.25) is 0 Å². The summed E-state index contributed by atoms with van der Waals surface area (Å²) in [7, 11) is 1.02. The Balaban J connectivity index is 1.75. The van der Waals surface area contributed by atoms with Gasteiger partial charge in [-0.1, -0.05) is 12.1 Å². The van der Waals surface area contributed by atoms with Gasteiger partial charge in [-0.05, 0) is 75.5 Å². The summed E-state index contributed by atoms with van der Waals surface area (Å²) in [5.74, 6) is 0.551. The maximum atomic E-state index is 14.6. The summed E-state index contributed by atoms with van der Waals surface area (Å²) < 4.78 is 37.5. The molecule has 1 aliphatic heterocycles. The summed E-state index contributed by atoms with van der Waals surface area (Å²) in [5, 5.41) is 0. The summed E-state index contributed by atoms with van der Waals surface area (Å²) in [4.78, 5) is 0. The molecule has 2 aromatic carbocycles. The van der Waals surface area contributed by atoms with Crippen molar-refractivity contribution in [1.29, 1.82) is 0 Å². The van der Waals surface area contributed by atoms with E-state index >= 15 is 0 Å². The van der Waals surface area contributed by atoms with Gasteiger partial charge in [0, 0.05) is 0 Å². The van der Waals surface area contributed by atoms with E-state index in [0.717, 1.165) is 16.9 Å². The van der Waals surface area contributed by atoms with E-state index in [1.165, 1.54) is 6.07 Å². The summed E-state index contributed by atoms with van der Waals surface area (Å²) >= 11 is 0. The third-order valence-corrected chi connectivity index (χ3v) is 5.38. The molecular formula is C21H26BFO4. The second-order valence-corrected chi connectivity index (χ2v) is 7.86. The standard InChI is InChI=1S/C21H26BFO4/c1-14-11-19(25-13-15-7-9-16(24-6)10-8-15)18(23)12-17(14)22-26-20(2,3)21(4,5)27-22/h7-12H,13H2,1-6H3. The molecule has 144 valence electrons. The second kappa shape index (κ2) is 7.17. The molecule has 1 aliphatic rings. The number of hydrogen-bond donors (Lipinski definition) is 0. The molecule has 6 heteroatoms. The molecule has 0 aromatic heterocycles. The molecule has 3 rings (SSSR count). The first-order chi connectivity index (χ1) is 12.6. The van der Waals surface area contributed by atoms with E-state index in [0.29, 0.717) is 5.46 Å². The van der Waals surface area contributed by atoms with Crippen LogP contribution in [-0.4, -0.2) is 25.4 Å². The number of rotatable bonds is 5. The Kier molecular flexibility index (Phi) is 5.23. The van der Waals surface area contributed by atoms with Gasteiger partial charge in [0.1, 0.15) is 12.4 Å². The topological polar surface area (TPSA) is 36.9 Å². The predicted molar refractivity (Wildman–Crippen MR) is 104 cm³/mol. The average Bonchev–Trinajstić information content (AvgIpc) is 2.83. The van der Waals surface area contributed by atoms with Crippen LogP contribution in [-0.2, 0) is 15.9 Å². The average molecular weight is 372 g/mol. The van der Waals surface area contributed by atoms with E-state index in [1.54, 1.807) is 13.2 Å². The van der Waals surface area contributed by atoms with E-state index in [2.05, 4.69) is 0 Å². The van der Waals surface area contributed by atoms with Gasteiger partial charge < -0.3 is 18.8 Å². The number of aryl methyl sites for hydroxylation is 1. The van der Waals surface area contributed by atoms with Crippen molar-refractivity contribution in [2.24, 2.45) is 0 Å². The lowest BCUT2D eigenvalue weighted by atomic mass is 9.76. The Morgan fingerprint density at radius 1 is 1.00 bits per heavy atom. The SMILES string of the molecule is COc1ccc(COc2cc(C)c(B3OC(C)(C)C(C)(C)O3)cc2F)cc1. The Bertz CT molecular complexity index is 802. The van der Waals surface area contributed by atoms with Crippen molar-refractivity contribution in [1.82, 2.24) is 0 Å². The van der Waals surface area contributed by atoms with Crippen LogP contribution in [0.5, 0.6) is 11.5 Å². The first-order valence-corrected chi connectivity index (χ1v) is 9.04. The molecule has 1 fully saturated rings. The fourth-order valence-corrected chi connectivity index (χ4v) is 2.89. The minimum atomic E-state index is -0.597. The van der Waals surface area contributed by atoms with Gasteiger partial charge in [-0.15, -0.1) is 0 Å². The summed E-state index contributed by atoms with van der Waals surface area (Å²) in [6.45, 7) is 10.1. The molecule has 0 unspecified atom stereocenters.